The maximum atomic E-state index is 12.1. The van der Waals surface area contributed by atoms with Gasteiger partial charge in [0.2, 0.25) is 0 Å². The summed E-state index contributed by atoms with van der Waals surface area (Å²) in [5, 5.41) is 4.46. The van der Waals surface area contributed by atoms with Gasteiger partial charge in [-0.1, -0.05) is 11.6 Å². The number of halogens is 1. The molecular weight excluding hydrogens is 378 g/mol. The van der Waals surface area contributed by atoms with Crippen LogP contribution >= 0.6 is 11.6 Å². The largest absolute Gasteiger partial charge is 0.423 e. The van der Waals surface area contributed by atoms with E-state index < -0.39 is 5.97 Å². The van der Waals surface area contributed by atoms with Crippen molar-refractivity contribution in [2.75, 3.05) is 0 Å². The molecule has 0 aliphatic rings. The van der Waals surface area contributed by atoms with Crippen molar-refractivity contribution in [3.8, 4) is 5.75 Å². The Morgan fingerprint density at radius 1 is 1.00 bits per heavy atom. The second kappa shape index (κ2) is 8.92. The lowest BCUT2D eigenvalue weighted by atomic mass is 10.2. The summed E-state index contributed by atoms with van der Waals surface area (Å²) in [6.45, 7) is 1.84. The first-order chi connectivity index (χ1) is 13.5. The van der Waals surface area contributed by atoms with Gasteiger partial charge in [0.25, 0.3) is 5.91 Å². The fourth-order valence-electron chi connectivity index (χ4n) is 2.21. The zero-order valence-corrected chi connectivity index (χ0v) is 15.7. The maximum absolute atomic E-state index is 12.1. The number of aryl methyl sites for hydroxylation is 1. The van der Waals surface area contributed by atoms with Crippen molar-refractivity contribution in [2.45, 2.75) is 6.92 Å². The Morgan fingerprint density at radius 2 is 1.68 bits per heavy atom. The van der Waals surface area contributed by atoms with Gasteiger partial charge in [-0.3, -0.25) is 9.78 Å². The minimum atomic E-state index is -0.475. The Morgan fingerprint density at radius 3 is 2.32 bits per heavy atom. The normalized spacial score (nSPS) is 10.6. The van der Waals surface area contributed by atoms with Crippen molar-refractivity contribution in [1.29, 1.82) is 0 Å². The zero-order valence-electron chi connectivity index (χ0n) is 14.9. The van der Waals surface area contributed by atoms with Gasteiger partial charge in [0.05, 0.1) is 17.3 Å². The molecule has 0 aliphatic heterocycles. The molecule has 1 heterocycles. The highest BCUT2D eigenvalue weighted by molar-refractivity contribution is 6.30. The van der Waals surface area contributed by atoms with E-state index in [9.17, 15) is 9.59 Å². The molecule has 0 atom stereocenters. The molecule has 2 aromatic carbocycles. The fourth-order valence-corrected chi connectivity index (χ4v) is 2.33. The number of benzene rings is 2. The van der Waals surface area contributed by atoms with E-state index in [1.54, 1.807) is 60.7 Å². The number of esters is 1. The summed E-state index contributed by atoms with van der Waals surface area (Å²) >= 11 is 5.80. The van der Waals surface area contributed by atoms with E-state index in [2.05, 4.69) is 15.5 Å². The van der Waals surface area contributed by atoms with Gasteiger partial charge in [0, 0.05) is 16.9 Å². The molecule has 0 saturated carbocycles. The Kier molecular flexibility index (Phi) is 6.14. The highest BCUT2D eigenvalue weighted by Crippen LogP contribution is 2.15. The average molecular weight is 394 g/mol. The summed E-state index contributed by atoms with van der Waals surface area (Å²) in [6.07, 6.45) is 2.98. The second-order valence-electron chi connectivity index (χ2n) is 5.85. The predicted molar refractivity (Wildman–Crippen MR) is 107 cm³/mol. The molecule has 1 aromatic heterocycles. The van der Waals surface area contributed by atoms with Crippen LogP contribution in [-0.4, -0.2) is 23.1 Å². The van der Waals surface area contributed by atoms with Crippen LogP contribution in [0.25, 0.3) is 0 Å². The van der Waals surface area contributed by atoms with Crippen LogP contribution < -0.4 is 10.2 Å². The number of nitrogens with zero attached hydrogens (tertiary/aromatic N) is 2. The third-order valence-electron chi connectivity index (χ3n) is 3.72. The van der Waals surface area contributed by atoms with Crippen molar-refractivity contribution < 1.29 is 14.3 Å². The van der Waals surface area contributed by atoms with Gasteiger partial charge in [-0.05, 0) is 73.2 Å². The molecule has 0 aliphatic carbocycles. The van der Waals surface area contributed by atoms with E-state index in [1.807, 2.05) is 6.92 Å². The number of hydrazone groups is 1. The maximum Gasteiger partial charge on any atom is 0.343 e. The number of nitrogens with one attached hydrogen (secondary N) is 1. The van der Waals surface area contributed by atoms with Gasteiger partial charge in [0.1, 0.15) is 5.75 Å². The highest BCUT2D eigenvalue weighted by atomic mass is 35.5. The summed E-state index contributed by atoms with van der Waals surface area (Å²) < 4.78 is 5.30. The third kappa shape index (κ3) is 5.25. The highest BCUT2D eigenvalue weighted by Gasteiger charge is 2.08. The topological polar surface area (TPSA) is 80.6 Å². The van der Waals surface area contributed by atoms with Crippen LogP contribution in [-0.2, 0) is 0 Å². The van der Waals surface area contributed by atoms with Crippen LogP contribution in [0.3, 0.4) is 0 Å². The number of ether oxygens (including phenoxy) is 1. The van der Waals surface area contributed by atoms with Gasteiger partial charge in [-0.2, -0.15) is 5.10 Å². The van der Waals surface area contributed by atoms with Crippen LogP contribution in [0.2, 0.25) is 5.02 Å². The van der Waals surface area contributed by atoms with E-state index >= 15 is 0 Å². The van der Waals surface area contributed by atoms with E-state index in [4.69, 9.17) is 16.3 Å². The summed E-state index contributed by atoms with van der Waals surface area (Å²) in [4.78, 5) is 28.1. The lowest BCUT2D eigenvalue weighted by Crippen LogP contribution is -2.17. The first kappa shape index (κ1) is 19.3. The molecule has 0 radical (unpaired) electrons. The van der Waals surface area contributed by atoms with E-state index in [1.165, 1.54) is 12.4 Å². The van der Waals surface area contributed by atoms with Gasteiger partial charge in [0.15, 0.2) is 0 Å². The van der Waals surface area contributed by atoms with Crippen LogP contribution in [0.1, 0.15) is 32.0 Å². The molecule has 0 bridgehead atoms. The minimum Gasteiger partial charge on any atom is -0.423 e. The number of hydrogen-bond donors (Lipinski definition) is 1. The summed E-state index contributed by atoms with van der Waals surface area (Å²) in [6, 6.07) is 16.6. The monoisotopic (exact) mass is 393 g/mol. The van der Waals surface area contributed by atoms with Gasteiger partial charge in [-0.15, -0.1) is 0 Å². The molecule has 1 N–H and O–H groups in total. The molecule has 0 fully saturated rings. The van der Waals surface area contributed by atoms with Crippen molar-refractivity contribution >= 4 is 29.7 Å². The number of pyridine rings is 1. The average Bonchev–Trinajstić information content (AvgIpc) is 2.70. The lowest BCUT2D eigenvalue weighted by molar-refractivity contribution is 0.0734. The molecule has 28 heavy (non-hydrogen) atoms. The molecule has 3 aromatic rings. The number of carbonyl (C=O) groups is 2. The van der Waals surface area contributed by atoms with Crippen LogP contribution in [0.5, 0.6) is 5.75 Å². The number of rotatable bonds is 5. The molecule has 0 saturated heterocycles. The van der Waals surface area contributed by atoms with Gasteiger partial charge < -0.3 is 4.74 Å². The first-order valence-electron chi connectivity index (χ1n) is 8.35. The smallest absolute Gasteiger partial charge is 0.343 e. The SMILES string of the molecule is Cc1ccc(C(=O)NN=Cc2ccc(OC(=O)c3ccc(Cl)cc3)cc2)cn1. The van der Waals surface area contributed by atoms with Crippen LogP contribution in [0.15, 0.2) is 72.0 Å². The van der Waals surface area contributed by atoms with Crippen LogP contribution in [0.4, 0.5) is 0 Å². The van der Waals surface area contributed by atoms with E-state index in [0.717, 1.165) is 11.3 Å². The van der Waals surface area contributed by atoms with Crippen molar-refractivity contribution in [1.82, 2.24) is 10.4 Å². The Hall–Kier alpha value is -3.51. The van der Waals surface area contributed by atoms with Crippen molar-refractivity contribution in [3.05, 3.63) is 94.3 Å². The first-order valence-corrected chi connectivity index (χ1v) is 8.73. The molecule has 1 amide bonds. The Balaban J connectivity index is 1.55. The number of carbonyl (C=O) groups excluding carboxylic acids is 2. The van der Waals surface area contributed by atoms with Gasteiger partial charge in [-0.25, -0.2) is 10.2 Å². The quantitative estimate of drug-likeness (QED) is 0.307. The summed E-state index contributed by atoms with van der Waals surface area (Å²) in [5.41, 5.74) is 4.82. The molecular formula is C21H16ClN3O3. The standard InChI is InChI=1S/C21H16ClN3O3/c1-14-2-5-17(13-23-14)20(26)25-24-12-15-3-10-19(11-4-15)28-21(27)16-6-8-18(22)9-7-16/h2-13H,1H3,(H,25,26). The van der Waals surface area contributed by atoms with Crippen LogP contribution in [0, 0.1) is 6.92 Å². The third-order valence-corrected chi connectivity index (χ3v) is 3.98. The Labute approximate surface area is 166 Å². The number of hydrogen-bond acceptors (Lipinski definition) is 5. The molecule has 0 unspecified atom stereocenters. The van der Waals surface area contributed by atoms with E-state index in [-0.39, 0.29) is 5.91 Å². The number of amides is 1. The molecule has 6 nitrogen and oxygen atoms in total. The van der Waals surface area contributed by atoms with Crippen molar-refractivity contribution in [2.24, 2.45) is 5.10 Å². The molecule has 0 spiro atoms. The predicted octanol–water partition coefficient (Wildman–Crippen LogP) is 4.03. The van der Waals surface area contributed by atoms with Crippen molar-refractivity contribution in [3.63, 3.8) is 0 Å². The zero-order chi connectivity index (χ0) is 19.9. The second-order valence-corrected chi connectivity index (χ2v) is 6.29. The molecule has 140 valence electrons. The summed E-state index contributed by atoms with van der Waals surface area (Å²) in [7, 11) is 0. The van der Waals surface area contributed by atoms with Gasteiger partial charge >= 0.3 is 5.97 Å². The molecule has 3 rings (SSSR count). The Bertz CT molecular complexity index is 999. The fraction of sp³-hybridized carbons (Fsp3) is 0.0476. The van der Waals surface area contributed by atoms with E-state index in [0.29, 0.717) is 21.9 Å². The minimum absolute atomic E-state index is 0.350. The summed E-state index contributed by atoms with van der Waals surface area (Å²) in [5.74, 6) is -0.429. The molecule has 7 heteroatoms. The number of aromatic nitrogens is 1. The lowest BCUT2D eigenvalue weighted by Gasteiger charge is -2.04.